The summed E-state index contributed by atoms with van der Waals surface area (Å²) in [5.74, 6) is 1.57. The van der Waals surface area contributed by atoms with E-state index in [0.717, 1.165) is 0 Å². The van der Waals surface area contributed by atoms with E-state index in [4.69, 9.17) is 26.3 Å². The first-order valence-corrected chi connectivity index (χ1v) is 5.48. The van der Waals surface area contributed by atoms with Crippen LogP contribution in [-0.2, 0) is 0 Å². The van der Waals surface area contributed by atoms with Gasteiger partial charge in [-0.15, -0.1) is 0 Å². The van der Waals surface area contributed by atoms with Gasteiger partial charge in [-0.1, -0.05) is 11.6 Å². The number of aromatic nitrogens is 1. The fraction of sp³-hybridized carbons (Fsp3) is 0.0769. The first-order valence-electron chi connectivity index (χ1n) is 5.10. The Hall–Kier alpha value is -2.25. The van der Waals surface area contributed by atoms with E-state index in [9.17, 15) is 0 Å². The molecule has 0 aliphatic carbocycles. The van der Waals surface area contributed by atoms with Gasteiger partial charge in [0, 0.05) is 18.3 Å². The molecule has 4 nitrogen and oxygen atoms in total. The molecule has 0 aliphatic rings. The molecule has 18 heavy (non-hydrogen) atoms. The number of hydrogen-bond donors (Lipinski definition) is 0. The monoisotopic (exact) mass is 260 g/mol. The van der Waals surface area contributed by atoms with Gasteiger partial charge < -0.3 is 9.47 Å². The summed E-state index contributed by atoms with van der Waals surface area (Å²) in [6.07, 6.45) is 1.53. The van der Waals surface area contributed by atoms with Gasteiger partial charge in [-0.3, -0.25) is 0 Å². The Morgan fingerprint density at radius 1 is 1.22 bits per heavy atom. The Morgan fingerprint density at radius 2 is 2.06 bits per heavy atom. The Balaban J connectivity index is 2.32. The van der Waals surface area contributed by atoms with E-state index in [2.05, 4.69) is 11.1 Å². The lowest BCUT2D eigenvalue weighted by atomic mass is 10.2. The number of nitriles is 1. The Bertz CT molecular complexity index is 608. The fourth-order valence-corrected chi connectivity index (χ4v) is 1.55. The van der Waals surface area contributed by atoms with Crippen LogP contribution in [0, 0.1) is 11.3 Å². The predicted octanol–water partition coefficient (Wildman–Crippen LogP) is 3.41. The molecule has 5 heteroatoms. The molecule has 2 aromatic rings. The second kappa shape index (κ2) is 5.39. The third-order valence-corrected chi connectivity index (χ3v) is 2.44. The summed E-state index contributed by atoms with van der Waals surface area (Å²) in [4.78, 5) is 3.85. The maximum atomic E-state index is 9.05. The fourth-order valence-electron chi connectivity index (χ4n) is 1.39. The van der Waals surface area contributed by atoms with Crippen molar-refractivity contribution in [1.29, 1.82) is 5.26 Å². The van der Waals surface area contributed by atoms with E-state index in [1.807, 2.05) is 0 Å². The highest BCUT2D eigenvalue weighted by Crippen LogP contribution is 2.28. The summed E-state index contributed by atoms with van der Waals surface area (Å²) in [5.41, 5.74) is 0.391. The van der Waals surface area contributed by atoms with Gasteiger partial charge in [-0.05, 0) is 18.2 Å². The first kappa shape index (κ1) is 12.2. The Morgan fingerprint density at radius 3 is 2.72 bits per heavy atom. The molecule has 0 amide bonds. The molecular formula is C13H9ClN2O2. The normalized spacial score (nSPS) is 9.61. The Labute approximate surface area is 109 Å². The molecule has 2 rings (SSSR count). The average Bonchev–Trinajstić information content (AvgIpc) is 2.39. The zero-order valence-corrected chi connectivity index (χ0v) is 10.3. The van der Waals surface area contributed by atoms with Gasteiger partial charge in [0.25, 0.3) is 0 Å². The molecule has 1 aromatic heterocycles. The average molecular weight is 261 g/mol. The number of pyridine rings is 1. The molecular weight excluding hydrogens is 252 g/mol. The van der Waals surface area contributed by atoms with E-state index >= 15 is 0 Å². The van der Waals surface area contributed by atoms with Crippen LogP contribution in [0.15, 0.2) is 36.5 Å². The van der Waals surface area contributed by atoms with Crippen molar-refractivity contribution in [1.82, 2.24) is 4.98 Å². The number of hydrogen-bond acceptors (Lipinski definition) is 4. The second-order valence-electron chi connectivity index (χ2n) is 3.39. The highest BCUT2D eigenvalue weighted by Gasteiger charge is 2.07. The maximum Gasteiger partial charge on any atom is 0.145 e. The van der Waals surface area contributed by atoms with Crippen LogP contribution in [0.4, 0.5) is 0 Å². The standard InChI is InChI=1S/C13H9ClN2O2/c1-17-10-2-3-12(9(6-10)8-15)18-11-4-5-16-13(14)7-11/h2-7H,1H3. The van der Waals surface area contributed by atoms with Crippen molar-refractivity contribution in [3.8, 4) is 23.3 Å². The molecule has 90 valence electrons. The maximum absolute atomic E-state index is 9.05. The number of ether oxygens (including phenoxy) is 2. The number of nitrogens with zero attached hydrogens (tertiary/aromatic N) is 2. The van der Waals surface area contributed by atoms with Crippen LogP contribution in [0.5, 0.6) is 17.2 Å². The molecule has 1 heterocycles. The number of rotatable bonds is 3. The van der Waals surface area contributed by atoms with Crippen molar-refractivity contribution in [3.63, 3.8) is 0 Å². The van der Waals surface area contributed by atoms with Gasteiger partial charge in [-0.2, -0.15) is 5.26 Å². The van der Waals surface area contributed by atoms with E-state index in [1.165, 1.54) is 6.20 Å². The first-order chi connectivity index (χ1) is 8.72. The lowest BCUT2D eigenvalue weighted by Crippen LogP contribution is -1.90. The smallest absolute Gasteiger partial charge is 0.145 e. The quantitative estimate of drug-likeness (QED) is 0.794. The highest BCUT2D eigenvalue weighted by molar-refractivity contribution is 6.29. The molecule has 0 saturated heterocycles. The molecule has 0 aliphatic heterocycles. The van der Waals surface area contributed by atoms with Crippen molar-refractivity contribution >= 4 is 11.6 Å². The van der Waals surface area contributed by atoms with Gasteiger partial charge in [0.05, 0.1) is 12.7 Å². The molecule has 1 aromatic carbocycles. The van der Waals surface area contributed by atoms with Crippen LogP contribution in [0.1, 0.15) is 5.56 Å². The van der Waals surface area contributed by atoms with Crippen LogP contribution in [0.25, 0.3) is 0 Å². The minimum atomic E-state index is 0.333. The molecule has 0 radical (unpaired) electrons. The van der Waals surface area contributed by atoms with E-state index in [-0.39, 0.29) is 0 Å². The lowest BCUT2D eigenvalue weighted by molar-refractivity contribution is 0.412. The summed E-state index contributed by atoms with van der Waals surface area (Å²) in [6, 6.07) is 10.3. The second-order valence-corrected chi connectivity index (χ2v) is 3.78. The number of halogens is 1. The van der Waals surface area contributed by atoms with Gasteiger partial charge in [0.1, 0.15) is 28.5 Å². The van der Waals surface area contributed by atoms with Crippen LogP contribution in [0.2, 0.25) is 5.15 Å². The van der Waals surface area contributed by atoms with Gasteiger partial charge >= 0.3 is 0 Å². The van der Waals surface area contributed by atoms with Crippen molar-refractivity contribution in [2.75, 3.05) is 7.11 Å². The summed E-state index contributed by atoms with van der Waals surface area (Å²) in [5, 5.41) is 9.38. The summed E-state index contributed by atoms with van der Waals surface area (Å²) in [7, 11) is 1.54. The van der Waals surface area contributed by atoms with Crippen LogP contribution in [0.3, 0.4) is 0 Å². The molecule has 0 saturated carbocycles. The van der Waals surface area contributed by atoms with Gasteiger partial charge in [0.15, 0.2) is 0 Å². The lowest BCUT2D eigenvalue weighted by Gasteiger charge is -2.08. The predicted molar refractivity (Wildman–Crippen MR) is 67.0 cm³/mol. The third kappa shape index (κ3) is 2.70. The van der Waals surface area contributed by atoms with Crippen molar-refractivity contribution in [2.45, 2.75) is 0 Å². The summed E-state index contributed by atoms with van der Waals surface area (Å²) >= 11 is 5.76. The summed E-state index contributed by atoms with van der Waals surface area (Å²) in [6.45, 7) is 0. The minimum Gasteiger partial charge on any atom is -0.497 e. The molecule has 0 atom stereocenters. The zero-order valence-electron chi connectivity index (χ0n) is 9.55. The van der Waals surface area contributed by atoms with E-state index < -0.39 is 0 Å². The van der Waals surface area contributed by atoms with E-state index in [0.29, 0.717) is 28.0 Å². The highest BCUT2D eigenvalue weighted by atomic mass is 35.5. The number of methoxy groups -OCH3 is 1. The topological polar surface area (TPSA) is 55.1 Å². The van der Waals surface area contributed by atoms with Crippen LogP contribution < -0.4 is 9.47 Å². The third-order valence-electron chi connectivity index (χ3n) is 2.23. The molecule has 0 bridgehead atoms. The van der Waals surface area contributed by atoms with Gasteiger partial charge in [-0.25, -0.2) is 4.98 Å². The van der Waals surface area contributed by atoms with Crippen LogP contribution >= 0.6 is 11.6 Å². The largest absolute Gasteiger partial charge is 0.497 e. The van der Waals surface area contributed by atoms with E-state index in [1.54, 1.807) is 37.4 Å². The molecule has 0 N–H and O–H groups in total. The number of benzene rings is 1. The van der Waals surface area contributed by atoms with Crippen molar-refractivity contribution in [3.05, 3.63) is 47.2 Å². The Kier molecular flexibility index (Phi) is 3.66. The van der Waals surface area contributed by atoms with Crippen LogP contribution in [-0.4, -0.2) is 12.1 Å². The zero-order chi connectivity index (χ0) is 13.0. The molecule has 0 fully saturated rings. The minimum absolute atomic E-state index is 0.333. The summed E-state index contributed by atoms with van der Waals surface area (Å²) < 4.78 is 10.6. The SMILES string of the molecule is COc1ccc(Oc2ccnc(Cl)c2)c(C#N)c1. The van der Waals surface area contributed by atoms with Crippen molar-refractivity contribution in [2.24, 2.45) is 0 Å². The van der Waals surface area contributed by atoms with Crippen molar-refractivity contribution < 1.29 is 9.47 Å². The molecule has 0 spiro atoms. The van der Waals surface area contributed by atoms with Gasteiger partial charge in [0.2, 0.25) is 0 Å². The molecule has 0 unspecified atom stereocenters.